The van der Waals surface area contributed by atoms with Crippen molar-refractivity contribution in [1.82, 2.24) is 5.32 Å². The number of phenolic OH excluding ortho intramolecular Hbond substituents is 1. The van der Waals surface area contributed by atoms with E-state index in [4.69, 9.17) is 0 Å². The lowest BCUT2D eigenvalue weighted by Gasteiger charge is -2.31. The van der Waals surface area contributed by atoms with Gasteiger partial charge in [0.2, 0.25) is 0 Å². The molecule has 0 aromatic heterocycles. The summed E-state index contributed by atoms with van der Waals surface area (Å²) in [5.74, 6) is -0.387. The Morgan fingerprint density at radius 1 is 1.33 bits per heavy atom. The van der Waals surface area contributed by atoms with Crippen LogP contribution in [0.4, 0.5) is 0 Å². The van der Waals surface area contributed by atoms with Gasteiger partial charge in [-0.3, -0.25) is 5.32 Å². The maximum Gasteiger partial charge on any atom is 0.328 e. The average Bonchev–Trinajstić information content (AvgIpc) is 2.31. The normalized spacial score (nSPS) is 14.4. The fourth-order valence-corrected chi connectivity index (χ4v) is 1.91. The summed E-state index contributed by atoms with van der Waals surface area (Å²) in [5.41, 5.74) is -0.422. The SMILES string of the molecule is CCC(NCC(C)C)(C(=O)O)c1ccc(O)cc1. The number of rotatable bonds is 6. The van der Waals surface area contributed by atoms with Gasteiger partial charge < -0.3 is 10.2 Å². The lowest BCUT2D eigenvalue weighted by molar-refractivity contribution is -0.145. The third kappa shape index (κ3) is 3.01. The highest BCUT2D eigenvalue weighted by atomic mass is 16.4. The Morgan fingerprint density at radius 3 is 2.28 bits per heavy atom. The maximum absolute atomic E-state index is 11.6. The number of hydrogen-bond acceptors (Lipinski definition) is 3. The van der Waals surface area contributed by atoms with Gasteiger partial charge in [-0.25, -0.2) is 4.79 Å². The number of benzene rings is 1. The van der Waals surface area contributed by atoms with Crippen LogP contribution in [0.3, 0.4) is 0 Å². The van der Waals surface area contributed by atoms with Gasteiger partial charge in [-0.1, -0.05) is 32.9 Å². The van der Waals surface area contributed by atoms with Gasteiger partial charge in [-0.15, -0.1) is 0 Å². The molecule has 1 rings (SSSR count). The fraction of sp³-hybridized carbons (Fsp3) is 0.500. The summed E-state index contributed by atoms with van der Waals surface area (Å²) in [7, 11) is 0. The monoisotopic (exact) mass is 251 g/mol. The second-order valence-corrected chi connectivity index (χ2v) is 4.89. The number of hydrogen-bond donors (Lipinski definition) is 3. The second kappa shape index (κ2) is 5.87. The first kappa shape index (κ1) is 14.5. The Labute approximate surface area is 108 Å². The Kier molecular flexibility index (Phi) is 4.73. The van der Waals surface area contributed by atoms with Gasteiger partial charge in [0.25, 0.3) is 0 Å². The number of phenols is 1. The number of nitrogens with one attached hydrogen (secondary N) is 1. The summed E-state index contributed by atoms with van der Waals surface area (Å²) in [4.78, 5) is 11.6. The summed E-state index contributed by atoms with van der Waals surface area (Å²) in [5, 5.41) is 22.0. The van der Waals surface area contributed by atoms with Crippen LogP contribution < -0.4 is 5.32 Å². The highest BCUT2D eigenvalue weighted by molar-refractivity contribution is 5.80. The molecule has 0 fully saturated rings. The summed E-state index contributed by atoms with van der Waals surface area (Å²) >= 11 is 0. The molecule has 0 saturated heterocycles. The quantitative estimate of drug-likeness (QED) is 0.725. The summed E-state index contributed by atoms with van der Waals surface area (Å²) in [6, 6.07) is 6.33. The summed E-state index contributed by atoms with van der Waals surface area (Å²) < 4.78 is 0. The molecule has 0 aliphatic rings. The van der Waals surface area contributed by atoms with Gasteiger partial charge in [0.05, 0.1) is 0 Å². The standard InChI is InChI=1S/C14H21NO3/c1-4-14(13(17)18,15-9-10(2)3)11-5-7-12(16)8-6-11/h5-8,10,15-16H,4,9H2,1-3H3,(H,17,18). The predicted molar refractivity (Wildman–Crippen MR) is 70.6 cm³/mol. The van der Waals surface area contributed by atoms with Crippen molar-refractivity contribution < 1.29 is 15.0 Å². The van der Waals surface area contributed by atoms with Crippen LogP contribution in [0.15, 0.2) is 24.3 Å². The molecule has 0 bridgehead atoms. The Bertz CT molecular complexity index is 400. The molecule has 0 radical (unpaired) electrons. The first-order valence-electron chi connectivity index (χ1n) is 6.20. The van der Waals surface area contributed by atoms with E-state index in [1.54, 1.807) is 12.1 Å². The molecule has 1 atom stereocenters. The molecule has 3 N–H and O–H groups in total. The van der Waals surface area contributed by atoms with E-state index in [-0.39, 0.29) is 5.75 Å². The van der Waals surface area contributed by atoms with Gasteiger partial charge in [0.15, 0.2) is 0 Å². The van der Waals surface area contributed by atoms with Crippen molar-refractivity contribution in [2.75, 3.05) is 6.54 Å². The molecule has 0 spiro atoms. The molecule has 0 amide bonds. The van der Waals surface area contributed by atoms with Gasteiger partial charge in [0.1, 0.15) is 11.3 Å². The zero-order chi connectivity index (χ0) is 13.8. The molecule has 1 unspecified atom stereocenters. The fourth-order valence-electron chi connectivity index (χ4n) is 1.91. The molecule has 4 heteroatoms. The van der Waals surface area contributed by atoms with E-state index in [0.717, 1.165) is 0 Å². The average molecular weight is 251 g/mol. The molecule has 1 aromatic rings. The van der Waals surface area contributed by atoms with Crippen LogP contribution in [0.5, 0.6) is 5.75 Å². The number of carboxylic acids is 1. The topological polar surface area (TPSA) is 69.6 Å². The van der Waals surface area contributed by atoms with Gasteiger partial charge >= 0.3 is 5.97 Å². The molecule has 0 heterocycles. The van der Waals surface area contributed by atoms with Crippen molar-refractivity contribution >= 4 is 5.97 Å². The maximum atomic E-state index is 11.6. The van der Waals surface area contributed by atoms with Crippen molar-refractivity contribution in [2.24, 2.45) is 5.92 Å². The second-order valence-electron chi connectivity index (χ2n) is 4.89. The predicted octanol–water partition coefficient (Wildman–Crippen LogP) is 2.33. The number of carbonyl (C=O) groups is 1. The number of aliphatic carboxylic acids is 1. The molecule has 1 aromatic carbocycles. The minimum Gasteiger partial charge on any atom is -0.508 e. The van der Waals surface area contributed by atoms with Crippen LogP contribution >= 0.6 is 0 Å². The van der Waals surface area contributed by atoms with E-state index in [1.807, 2.05) is 20.8 Å². The highest BCUT2D eigenvalue weighted by Crippen LogP contribution is 2.27. The smallest absolute Gasteiger partial charge is 0.328 e. The van der Waals surface area contributed by atoms with Crippen molar-refractivity contribution in [3.05, 3.63) is 29.8 Å². The summed E-state index contributed by atoms with van der Waals surface area (Å²) in [6.45, 7) is 6.54. The van der Waals surface area contributed by atoms with Gasteiger partial charge in [-0.2, -0.15) is 0 Å². The van der Waals surface area contributed by atoms with Crippen LogP contribution in [0.1, 0.15) is 32.8 Å². The minimum atomic E-state index is -1.09. The third-order valence-corrected chi connectivity index (χ3v) is 3.07. The molecule has 0 aliphatic heterocycles. The first-order valence-corrected chi connectivity index (χ1v) is 6.20. The van der Waals surface area contributed by atoms with Crippen molar-refractivity contribution in [3.8, 4) is 5.75 Å². The molecule has 0 saturated carbocycles. The first-order chi connectivity index (χ1) is 8.42. The molecule has 0 aliphatic carbocycles. The minimum absolute atomic E-state index is 0.137. The van der Waals surface area contributed by atoms with Crippen LogP contribution in [-0.4, -0.2) is 22.7 Å². The van der Waals surface area contributed by atoms with Crippen molar-refractivity contribution in [1.29, 1.82) is 0 Å². The molecular weight excluding hydrogens is 230 g/mol. The largest absolute Gasteiger partial charge is 0.508 e. The van der Waals surface area contributed by atoms with E-state index >= 15 is 0 Å². The molecule has 4 nitrogen and oxygen atoms in total. The molecule has 100 valence electrons. The zero-order valence-electron chi connectivity index (χ0n) is 11.1. The molecular formula is C14H21NO3. The van der Waals surface area contributed by atoms with Crippen molar-refractivity contribution in [2.45, 2.75) is 32.7 Å². The van der Waals surface area contributed by atoms with Gasteiger partial charge in [-0.05, 0) is 36.6 Å². The summed E-state index contributed by atoms with van der Waals surface area (Å²) in [6.07, 6.45) is 0.444. The van der Waals surface area contributed by atoms with Crippen LogP contribution in [0, 0.1) is 5.92 Å². The van der Waals surface area contributed by atoms with E-state index in [0.29, 0.717) is 24.4 Å². The Morgan fingerprint density at radius 2 is 1.89 bits per heavy atom. The van der Waals surface area contributed by atoms with Crippen molar-refractivity contribution in [3.63, 3.8) is 0 Å². The number of carboxylic acid groups (broad SMARTS) is 1. The Balaban J connectivity index is 3.10. The van der Waals surface area contributed by atoms with Gasteiger partial charge in [0, 0.05) is 0 Å². The van der Waals surface area contributed by atoms with E-state index in [9.17, 15) is 15.0 Å². The van der Waals surface area contributed by atoms with Crippen LogP contribution in [0.25, 0.3) is 0 Å². The van der Waals surface area contributed by atoms with Crippen LogP contribution in [0.2, 0.25) is 0 Å². The highest BCUT2D eigenvalue weighted by Gasteiger charge is 2.38. The Hall–Kier alpha value is -1.55. The van der Waals surface area contributed by atoms with E-state index in [2.05, 4.69) is 5.32 Å². The third-order valence-electron chi connectivity index (χ3n) is 3.07. The molecule has 18 heavy (non-hydrogen) atoms. The van der Waals surface area contributed by atoms with Crippen LogP contribution in [-0.2, 0) is 10.3 Å². The number of aromatic hydroxyl groups is 1. The zero-order valence-corrected chi connectivity index (χ0v) is 11.1. The van der Waals surface area contributed by atoms with E-state index in [1.165, 1.54) is 12.1 Å². The lowest BCUT2D eigenvalue weighted by Crippen LogP contribution is -2.50. The lowest BCUT2D eigenvalue weighted by atomic mass is 9.86. The van der Waals surface area contributed by atoms with E-state index < -0.39 is 11.5 Å².